The van der Waals surface area contributed by atoms with Crippen molar-refractivity contribution in [2.24, 2.45) is 12.0 Å². The number of hydrogen-bond donors (Lipinski definition) is 2. The van der Waals surface area contributed by atoms with Crippen LogP contribution in [0.25, 0.3) is 0 Å². The summed E-state index contributed by atoms with van der Waals surface area (Å²) in [6.07, 6.45) is 1.90. The highest BCUT2D eigenvalue weighted by atomic mass is 127. The Hall–Kier alpha value is -1.57. The van der Waals surface area contributed by atoms with Crippen LogP contribution in [0.4, 0.5) is 0 Å². The van der Waals surface area contributed by atoms with Crippen molar-refractivity contribution in [1.29, 1.82) is 0 Å². The van der Waals surface area contributed by atoms with E-state index in [1.165, 1.54) is 22.4 Å². The average molecular weight is 511 g/mol. The molecule has 0 spiro atoms. The van der Waals surface area contributed by atoms with E-state index in [2.05, 4.69) is 86.5 Å². The Morgan fingerprint density at radius 3 is 2.28 bits per heavy atom. The van der Waals surface area contributed by atoms with Crippen molar-refractivity contribution < 1.29 is 0 Å². The number of aryl methyl sites for hydroxylation is 2. The second-order valence-electron chi connectivity index (χ2n) is 8.72. The molecule has 0 saturated heterocycles. The number of aliphatic imine (C=N–C) groups is 1. The maximum atomic E-state index is 4.51. The first-order chi connectivity index (χ1) is 13.1. The van der Waals surface area contributed by atoms with Crippen LogP contribution in [0, 0.1) is 13.8 Å². The molecule has 162 valence electrons. The van der Waals surface area contributed by atoms with Crippen molar-refractivity contribution in [3.8, 4) is 0 Å². The maximum absolute atomic E-state index is 4.51. The van der Waals surface area contributed by atoms with E-state index >= 15 is 0 Å². The topological polar surface area (TPSA) is 54.2 Å². The van der Waals surface area contributed by atoms with Crippen LogP contribution in [-0.4, -0.2) is 35.4 Å². The van der Waals surface area contributed by atoms with E-state index in [0.717, 1.165) is 31.0 Å². The summed E-state index contributed by atoms with van der Waals surface area (Å²) >= 11 is 0. The van der Waals surface area contributed by atoms with Crippen LogP contribution in [0.15, 0.2) is 29.3 Å². The lowest BCUT2D eigenvalue weighted by atomic mass is 9.86. The van der Waals surface area contributed by atoms with E-state index in [9.17, 15) is 0 Å². The lowest BCUT2D eigenvalue weighted by Crippen LogP contribution is -2.43. The molecule has 0 aliphatic rings. The van der Waals surface area contributed by atoms with Gasteiger partial charge in [-0.3, -0.25) is 9.67 Å². The highest BCUT2D eigenvalue weighted by Gasteiger charge is 2.14. The normalized spacial score (nSPS) is 13.0. The van der Waals surface area contributed by atoms with Gasteiger partial charge in [0.2, 0.25) is 0 Å². The molecule has 2 rings (SSSR count). The van der Waals surface area contributed by atoms with Crippen molar-refractivity contribution in [3.05, 3.63) is 52.3 Å². The third-order valence-electron chi connectivity index (χ3n) is 5.30. The molecule has 1 heterocycles. The summed E-state index contributed by atoms with van der Waals surface area (Å²) in [4.78, 5) is 4.37. The van der Waals surface area contributed by atoms with Crippen molar-refractivity contribution >= 4 is 29.9 Å². The van der Waals surface area contributed by atoms with Gasteiger partial charge in [0.15, 0.2) is 5.96 Å². The van der Waals surface area contributed by atoms with Crippen molar-refractivity contribution in [1.82, 2.24) is 20.4 Å². The van der Waals surface area contributed by atoms with Gasteiger partial charge in [-0.1, -0.05) is 45.0 Å². The molecule has 1 unspecified atom stereocenters. The predicted molar refractivity (Wildman–Crippen MR) is 135 cm³/mol. The smallest absolute Gasteiger partial charge is 0.191 e. The summed E-state index contributed by atoms with van der Waals surface area (Å²) < 4.78 is 1.95. The highest BCUT2D eigenvalue weighted by Crippen LogP contribution is 2.22. The number of benzene rings is 1. The lowest BCUT2D eigenvalue weighted by molar-refractivity contribution is 0.590. The van der Waals surface area contributed by atoms with Gasteiger partial charge in [-0.2, -0.15) is 5.10 Å². The van der Waals surface area contributed by atoms with E-state index < -0.39 is 0 Å². The Balaban J connectivity index is 0.00000420. The van der Waals surface area contributed by atoms with Gasteiger partial charge in [0.1, 0.15) is 0 Å². The summed E-state index contributed by atoms with van der Waals surface area (Å²) in [5, 5.41) is 11.4. The summed E-state index contributed by atoms with van der Waals surface area (Å²) in [6.45, 7) is 14.0. The second kappa shape index (κ2) is 11.0. The number of rotatable bonds is 6. The minimum Gasteiger partial charge on any atom is -0.356 e. The molecule has 0 amide bonds. The molecule has 0 bridgehead atoms. The van der Waals surface area contributed by atoms with E-state index in [1.807, 2.05) is 18.8 Å². The van der Waals surface area contributed by atoms with Crippen LogP contribution in [0.2, 0.25) is 0 Å². The quantitative estimate of drug-likeness (QED) is 0.346. The molecule has 0 radical (unpaired) electrons. The number of hydrogen-bond acceptors (Lipinski definition) is 2. The molecular weight excluding hydrogens is 473 g/mol. The number of guanidine groups is 1. The fourth-order valence-corrected chi connectivity index (χ4v) is 3.39. The van der Waals surface area contributed by atoms with Crippen LogP contribution >= 0.6 is 24.0 Å². The first kappa shape index (κ1) is 25.5. The van der Waals surface area contributed by atoms with Crippen LogP contribution in [0.5, 0.6) is 0 Å². The molecule has 1 aromatic carbocycles. The second-order valence-corrected chi connectivity index (χ2v) is 8.72. The van der Waals surface area contributed by atoms with Gasteiger partial charge in [0.25, 0.3) is 0 Å². The van der Waals surface area contributed by atoms with Gasteiger partial charge < -0.3 is 10.6 Å². The van der Waals surface area contributed by atoms with Crippen molar-refractivity contribution in [2.75, 3.05) is 13.6 Å². The minimum absolute atomic E-state index is 0. The predicted octanol–water partition coefficient (Wildman–Crippen LogP) is 4.29. The fourth-order valence-electron chi connectivity index (χ4n) is 3.39. The average Bonchev–Trinajstić information content (AvgIpc) is 2.86. The van der Waals surface area contributed by atoms with Crippen molar-refractivity contribution in [3.63, 3.8) is 0 Å². The third kappa shape index (κ3) is 7.32. The Morgan fingerprint density at radius 2 is 1.79 bits per heavy atom. The SMILES string of the molecule is CN=C(NCCc1ccc(C(C)(C)C)cc1)NC(C)Cc1c(C)nn(C)c1C.I. The molecule has 6 heteroatoms. The Bertz CT molecular complexity index is 800. The molecule has 0 fully saturated rings. The molecule has 1 aromatic heterocycles. The molecule has 1 atom stereocenters. The monoisotopic (exact) mass is 511 g/mol. The number of aromatic nitrogens is 2. The number of nitrogens with zero attached hydrogens (tertiary/aromatic N) is 3. The van der Waals surface area contributed by atoms with E-state index in [-0.39, 0.29) is 35.4 Å². The van der Waals surface area contributed by atoms with Crippen molar-refractivity contribution in [2.45, 2.75) is 65.8 Å². The standard InChI is InChI=1S/C23H37N5.HI/c1-16(15-21-17(2)27-28(8)18(21)3)26-22(24-7)25-14-13-19-9-11-20(12-10-19)23(4,5)6;/h9-12,16H,13-15H2,1-8H3,(H2,24,25,26);1H. The first-order valence-electron chi connectivity index (χ1n) is 10.2. The van der Waals surface area contributed by atoms with Gasteiger partial charge in [0.05, 0.1) is 5.69 Å². The van der Waals surface area contributed by atoms with Gasteiger partial charge in [0, 0.05) is 32.4 Å². The molecule has 0 saturated carbocycles. The zero-order chi connectivity index (χ0) is 20.9. The maximum Gasteiger partial charge on any atom is 0.191 e. The lowest BCUT2D eigenvalue weighted by Gasteiger charge is -2.20. The van der Waals surface area contributed by atoms with E-state index in [1.54, 1.807) is 0 Å². The highest BCUT2D eigenvalue weighted by molar-refractivity contribution is 14.0. The Morgan fingerprint density at radius 1 is 1.17 bits per heavy atom. The largest absolute Gasteiger partial charge is 0.356 e. The summed E-state index contributed by atoms with van der Waals surface area (Å²) in [5.74, 6) is 0.845. The van der Waals surface area contributed by atoms with Gasteiger partial charge in [-0.15, -0.1) is 24.0 Å². The molecule has 2 N–H and O–H groups in total. The van der Waals surface area contributed by atoms with E-state index in [0.29, 0.717) is 0 Å². The van der Waals surface area contributed by atoms with E-state index in [4.69, 9.17) is 0 Å². The minimum atomic E-state index is 0. The van der Waals surface area contributed by atoms with Crippen LogP contribution in [0.3, 0.4) is 0 Å². The Kier molecular flexibility index (Phi) is 9.65. The fraction of sp³-hybridized carbons (Fsp3) is 0.565. The summed E-state index contributed by atoms with van der Waals surface area (Å²) in [6, 6.07) is 9.22. The number of nitrogens with one attached hydrogen (secondary N) is 2. The zero-order valence-electron chi connectivity index (χ0n) is 19.3. The summed E-state index contributed by atoms with van der Waals surface area (Å²) in [7, 11) is 3.82. The van der Waals surface area contributed by atoms with Crippen LogP contribution in [0.1, 0.15) is 55.8 Å². The Labute approximate surface area is 193 Å². The molecule has 0 aliphatic carbocycles. The van der Waals surface area contributed by atoms with Gasteiger partial charge >= 0.3 is 0 Å². The third-order valence-corrected chi connectivity index (χ3v) is 5.30. The summed E-state index contributed by atoms with van der Waals surface area (Å²) in [5.41, 5.74) is 6.56. The molecular formula is C23H38IN5. The zero-order valence-corrected chi connectivity index (χ0v) is 21.6. The van der Waals surface area contributed by atoms with Crippen LogP contribution < -0.4 is 10.6 Å². The van der Waals surface area contributed by atoms with Gasteiger partial charge in [-0.05, 0) is 55.7 Å². The van der Waals surface area contributed by atoms with Crippen LogP contribution in [-0.2, 0) is 25.3 Å². The first-order valence-corrected chi connectivity index (χ1v) is 10.2. The van der Waals surface area contributed by atoms with Gasteiger partial charge in [-0.25, -0.2) is 0 Å². The molecule has 29 heavy (non-hydrogen) atoms. The molecule has 5 nitrogen and oxygen atoms in total. The number of halogens is 1. The molecule has 2 aromatic rings. The molecule has 0 aliphatic heterocycles.